The first kappa shape index (κ1) is 15.5. The minimum Gasteiger partial charge on any atom is -0.356 e. The average molecular weight is 287 g/mol. The van der Waals surface area contributed by atoms with Crippen LogP contribution in [0.3, 0.4) is 0 Å². The van der Waals surface area contributed by atoms with Crippen LogP contribution < -0.4 is 16.2 Å². The van der Waals surface area contributed by atoms with Crippen LogP contribution in [0.1, 0.15) is 33.6 Å². The van der Waals surface area contributed by atoms with Crippen molar-refractivity contribution in [2.45, 2.75) is 33.6 Å². The Kier molecular flexibility index (Phi) is 5.33. The summed E-state index contributed by atoms with van der Waals surface area (Å²) < 4.78 is 0. The molecule has 0 spiro atoms. The van der Waals surface area contributed by atoms with Gasteiger partial charge in [0.05, 0.1) is 5.52 Å². The number of aromatic nitrogens is 2. The molecule has 0 fully saturated rings. The zero-order chi connectivity index (χ0) is 15.2. The third kappa shape index (κ3) is 3.42. The summed E-state index contributed by atoms with van der Waals surface area (Å²) in [5, 5.41) is 1.07. The van der Waals surface area contributed by atoms with Gasteiger partial charge in [-0.15, -0.1) is 0 Å². The van der Waals surface area contributed by atoms with Gasteiger partial charge in [-0.2, -0.15) is 4.98 Å². The molecular weight excluding hydrogens is 262 g/mol. The van der Waals surface area contributed by atoms with E-state index in [0.717, 1.165) is 29.8 Å². The lowest BCUT2D eigenvalue weighted by molar-refractivity contribution is 0.485. The van der Waals surface area contributed by atoms with E-state index < -0.39 is 0 Å². The van der Waals surface area contributed by atoms with Crippen molar-refractivity contribution in [3.63, 3.8) is 0 Å². The maximum atomic E-state index is 5.51. The maximum absolute atomic E-state index is 5.51. The molecule has 1 aromatic heterocycles. The summed E-state index contributed by atoms with van der Waals surface area (Å²) in [5.41, 5.74) is 3.49. The van der Waals surface area contributed by atoms with E-state index in [1.54, 1.807) is 0 Å². The summed E-state index contributed by atoms with van der Waals surface area (Å²) in [6.45, 7) is 8.57. The number of anilines is 2. The first-order valence-electron chi connectivity index (χ1n) is 7.71. The summed E-state index contributed by atoms with van der Waals surface area (Å²) in [6.07, 6.45) is 2.36. The lowest BCUT2D eigenvalue weighted by Gasteiger charge is -2.27. The van der Waals surface area contributed by atoms with Gasteiger partial charge in [-0.1, -0.05) is 38.8 Å². The molecule has 3 N–H and O–H groups in total. The van der Waals surface area contributed by atoms with Gasteiger partial charge in [0, 0.05) is 18.5 Å². The number of hydrazine groups is 1. The molecule has 0 radical (unpaired) electrons. The monoisotopic (exact) mass is 287 g/mol. The van der Waals surface area contributed by atoms with Crippen LogP contribution in [0.25, 0.3) is 10.9 Å². The molecule has 2 rings (SSSR count). The molecule has 0 aliphatic rings. The van der Waals surface area contributed by atoms with Crippen molar-refractivity contribution in [3.8, 4) is 0 Å². The molecule has 114 valence electrons. The van der Waals surface area contributed by atoms with Crippen LogP contribution in [0.15, 0.2) is 24.3 Å². The first-order valence-corrected chi connectivity index (χ1v) is 7.71. The zero-order valence-electron chi connectivity index (χ0n) is 13.1. The number of rotatable bonds is 7. The minimum absolute atomic E-state index is 0.465. The van der Waals surface area contributed by atoms with Gasteiger partial charge >= 0.3 is 0 Å². The van der Waals surface area contributed by atoms with E-state index >= 15 is 0 Å². The molecule has 0 amide bonds. The van der Waals surface area contributed by atoms with Crippen molar-refractivity contribution in [3.05, 3.63) is 24.3 Å². The summed E-state index contributed by atoms with van der Waals surface area (Å²) in [7, 11) is 0. The molecule has 21 heavy (non-hydrogen) atoms. The number of fused-ring (bicyclic) bond motifs is 1. The Bertz CT molecular complexity index is 580. The highest BCUT2D eigenvalue weighted by molar-refractivity contribution is 5.90. The van der Waals surface area contributed by atoms with E-state index in [-0.39, 0.29) is 0 Å². The number of para-hydroxylation sites is 1. The summed E-state index contributed by atoms with van der Waals surface area (Å²) in [5.74, 6) is 7.61. The standard InChI is InChI=1S/C16H25N5/c1-4-12(5-2)11-21(6-3)15-13-9-7-8-10-14(13)18-16(19-15)20-17/h7-10,12H,4-6,11,17H2,1-3H3,(H,18,19,20). The van der Waals surface area contributed by atoms with Gasteiger partial charge in [0.25, 0.3) is 0 Å². The molecule has 1 heterocycles. The number of hydrogen-bond donors (Lipinski definition) is 2. The van der Waals surface area contributed by atoms with Crippen LogP contribution in [0.5, 0.6) is 0 Å². The predicted molar refractivity (Wildman–Crippen MR) is 89.3 cm³/mol. The number of nitrogens with two attached hydrogens (primary N) is 1. The number of nitrogens with zero attached hydrogens (tertiary/aromatic N) is 3. The molecule has 5 nitrogen and oxygen atoms in total. The highest BCUT2D eigenvalue weighted by Gasteiger charge is 2.16. The maximum Gasteiger partial charge on any atom is 0.239 e. The third-order valence-electron chi connectivity index (χ3n) is 4.03. The second-order valence-electron chi connectivity index (χ2n) is 5.25. The highest BCUT2D eigenvalue weighted by Crippen LogP contribution is 2.26. The summed E-state index contributed by atoms with van der Waals surface area (Å²) in [4.78, 5) is 11.3. The van der Waals surface area contributed by atoms with Gasteiger partial charge in [0.15, 0.2) is 0 Å². The van der Waals surface area contributed by atoms with Crippen LogP contribution in [-0.2, 0) is 0 Å². The van der Waals surface area contributed by atoms with Crippen LogP contribution in [0.4, 0.5) is 11.8 Å². The van der Waals surface area contributed by atoms with Crippen molar-refractivity contribution >= 4 is 22.7 Å². The van der Waals surface area contributed by atoms with Crippen molar-refractivity contribution in [2.75, 3.05) is 23.4 Å². The van der Waals surface area contributed by atoms with E-state index in [0.29, 0.717) is 11.9 Å². The lowest BCUT2D eigenvalue weighted by atomic mass is 10.0. The Morgan fingerprint density at radius 3 is 2.48 bits per heavy atom. The van der Waals surface area contributed by atoms with Gasteiger partial charge in [0.1, 0.15) is 5.82 Å². The Morgan fingerprint density at radius 2 is 1.86 bits per heavy atom. The molecule has 5 heteroatoms. The number of nitrogen functional groups attached to an aromatic ring is 1. The molecule has 0 aliphatic carbocycles. The van der Waals surface area contributed by atoms with Gasteiger partial charge in [0.2, 0.25) is 5.95 Å². The van der Waals surface area contributed by atoms with E-state index in [2.05, 4.69) is 47.1 Å². The Labute approximate surface area is 126 Å². The molecule has 0 saturated heterocycles. The molecule has 0 bridgehead atoms. The van der Waals surface area contributed by atoms with E-state index in [4.69, 9.17) is 5.84 Å². The average Bonchev–Trinajstić information content (AvgIpc) is 2.55. The predicted octanol–water partition coefficient (Wildman–Crippen LogP) is 3.18. The van der Waals surface area contributed by atoms with Gasteiger partial charge in [-0.3, -0.25) is 5.43 Å². The molecule has 0 saturated carbocycles. The molecule has 0 atom stereocenters. The van der Waals surface area contributed by atoms with Crippen LogP contribution in [0.2, 0.25) is 0 Å². The van der Waals surface area contributed by atoms with Crippen LogP contribution in [-0.4, -0.2) is 23.1 Å². The SMILES string of the molecule is CCC(CC)CN(CC)c1nc(NN)nc2ccccc12. The minimum atomic E-state index is 0.465. The first-order chi connectivity index (χ1) is 10.2. The van der Waals surface area contributed by atoms with Gasteiger partial charge in [-0.25, -0.2) is 10.8 Å². The van der Waals surface area contributed by atoms with E-state index in [9.17, 15) is 0 Å². The van der Waals surface area contributed by atoms with Gasteiger partial charge < -0.3 is 4.90 Å². The molecule has 1 aromatic carbocycles. The summed E-state index contributed by atoms with van der Waals surface area (Å²) >= 11 is 0. The van der Waals surface area contributed by atoms with Crippen LogP contribution >= 0.6 is 0 Å². The van der Waals surface area contributed by atoms with Crippen molar-refractivity contribution < 1.29 is 0 Å². The fraction of sp³-hybridized carbons (Fsp3) is 0.500. The largest absolute Gasteiger partial charge is 0.356 e. The zero-order valence-corrected chi connectivity index (χ0v) is 13.1. The van der Waals surface area contributed by atoms with Crippen LogP contribution in [0, 0.1) is 5.92 Å². The lowest BCUT2D eigenvalue weighted by Crippen LogP contribution is -2.30. The molecule has 0 aliphatic heterocycles. The van der Waals surface area contributed by atoms with Crippen molar-refractivity contribution in [2.24, 2.45) is 11.8 Å². The highest BCUT2D eigenvalue weighted by atomic mass is 15.3. The Balaban J connectivity index is 2.46. The number of benzene rings is 1. The Hall–Kier alpha value is -1.88. The fourth-order valence-electron chi connectivity index (χ4n) is 2.59. The third-order valence-corrected chi connectivity index (χ3v) is 4.03. The normalized spacial score (nSPS) is 11.1. The van der Waals surface area contributed by atoms with Crippen molar-refractivity contribution in [1.82, 2.24) is 9.97 Å². The Morgan fingerprint density at radius 1 is 1.14 bits per heavy atom. The molecule has 2 aromatic rings. The van der Waals surface area contributed by atoms with E-state index in [1.807, 2.05) is 18.2 Å². The molecule has 0 unspecified atom stereocenters. The quantitative estimate of drug-likeness (QED) is 0.605. The number of hydrogen-bond acceptors (Lipinski definition) is 5. The smallest absolute Gasteiger partial charge is 0.239 e. The number of nitrogens with one attached hydrogen (secondary N) is 1. The molecular formula is C16H25N5. The topological polar surface area (TPSA) is 67.1 Å². The summed E-state index contributed by atoms with van der Waals surface area (Å²) in [6, 6.07) is 8.07. The van der Waals surface area contributed by atoms with E-state index in [1.165, 1.54) is 12.8 Å². The van der Waals surface area contributed by atoms with Gasteiger partial charge in [-0.05, 0) is 25.0 Å². The second kappa shape index (κ2) is 7.22. The van der Waals surface area contributed by atoms with Crippen molar-refractivity contribution in [1.29, 1.82) is 0 Å². The fourth-order valence-corrected chi connectivity index (χ4v) is 2.59. The second-order valence-corrected chi connectivity index (χ2v) is 5.25.